The summed E-state index contributed by atoms with van der Waals surface area (Å²) in [5.41, 5.74) is -0.980. The van der Waals surface area contributed by atoms with E-state index in [4.69, 9.17) is 5.11 Å². The summed E-state index contributed by atoms with van der Waals surface area (Å²) in [5.74, 6) is -1.35. The molecule has 0 fully saturated rings. The zero-order valence-electron chi connectivity index (χ0n) is 12.0. The van der Waals surface area contributed by atoms with Crippen molar-refractivity contribution in [2.45, 2.75) is 26.9 Å². The Labute approximate surface area is 117 Å². The molecule has 0 aromatic rings. The van der Waals surface area contributed by atoms with Crippen LogP contribution in [0.1, 0.15) is 20.8 Å². The van der Waals surface area contributed by atoms with Crippen molar-refractivity contribution in [1.29, 1.82) is 0 Å². The first-order chi connectivity index (χ1) is 9.20. The second-order valence-electron chi connectivity index (χ2n) is 5.10. The molecular formula is C12H23N3O5. The summed E-state index contributed by atoms with van der Waals surface area (Å²) in [5, 5.41) is 26.0. The van der Waals surface area contributed by atoms with E-state index >= 15 is 0 Å². The molecule has 0 saturated carbocycles. The lowest BCUT2D eigenvalue weighted by atomic mass is 9.87. The van der Waals surface area contributed by atoms with Crippen LogP contribution >= 0.6 is 0 Å². The van der Waals surface area contributed by atoms with Crippen LogP contribution in [0.25, 0.3) is 0 Å². The van der Waals surface area contributed by atoms with E-state index in [-0.39, 0.29) is 25.6 Å². The molecule has 116 valence electrons. The Balaban J connectivity index is 3.95. The quantitative estimate of drug-likeness (QED) is 0.322. The number of hydrogen-bond donors (Lipinski definition) is 5. The van der Waals surface area contributed by atoms with Gasteiger partial charge < -0.3 is 26.2 Å². The van der Waals surface area contributed by atoms with Crippen LogP contribution in [0, 0.1) is 5.41 Å². The topological polar surface area (TPSA) is 128 Å². The van der Waals surface area contributed by atoms with Crippen LogP contribution in [0.4, 0.5) is 0 Å². The molecule has 0 aliphatic rings. The van der Waals surface area contributed by atoms with E-state index < -0.39 is 23.3 Å². The lowest BCUT2D eigenvalue weighted by molar-refractivity contribution is -0.138. The summed E-state index contributed by atoms with van der Waals surface area (Å²) in [6.07, 6.45) is -1.40. The van der Waals surface area contributed by atoms with Crippen molar-refractivity contribution < 1.29 is 24.6 Å². The van der Waals surface area contributed by atoms with Crippen molar-refractivity contribution in [3.05, 3.63) is 0 Å². The first-order valence-electron chi connectivity index (χ1n) is 6.28. The second-order valence-corrected chi connectivity index (χ2v) is 5.10. The fourth-order valence-electron chi connectivity index (χ4n) is 1.21. The average Bonchev–Trinajstić information content (AvgIpc) is 2.39. The molecule has 0 aromatic carbocycles. The van der Waals surface area contributed by atoms with E-state index in [0.717, 1.165) is 0 Å². The molecule has 0 bridgehead atoms. The van der Waals surface area contributed by atoms with Crippen LogP contribution in [0.2, 0.25) is 0 Å². The number of carbonyl (C=O) groups excluding carboxylic acids is 3. The van der Waals surface area contributed by atoms with Crippen molar-refractivity contribution in [1.82, 2.24) is 16.0 Å². The van der Waals surface area contributed by atoms with Crippen molar-refractivity contribution in [3.8, 4) is 0 Å². The van der Waals surface area contributed by atoms with Gasteiger partial charge in [0.2, 0.25) is 17.7 Å². The molecule has 20 heavy (non-hydrogen) atoms. The van der Waals surface area contributed by atoms with Crippen molar-refractivity contribution >= 4 is 17.7 Å². The summed E-state index contributed by atoms with van der Waals surface area (Å²) in [6, 6.07) is 0. The van der Waals surface area contributed by atoms with E-state index in [1.807, 2.05) is 0 Å². The Kier molecular flexibility index (Phi) is 7.78. The van der Waals surface area contributed by atoms with Crippen LogP contribution in [-0.2, 0) is 14.4 Å². The summed E-state index contributed by atoms with van der Waals surface area (Å²) < 4.78 is 0. The molecule has 1 atom stereocenters. The van der Waals surface area contributed by atoms with E-state index in [9.17, 15) is 19.5 Å². The lowest BCUT2D eigenvalue weighted by Crippen LogP contribution is -2.48. The number of hydrogen-bond acceptors (Lipinski definition) is 5. The van der Waals surface area contributed by atoms with Gasteiger partial charge in [0.15, 0.2) is 0 Å². The first-order valence-corrected chi connectivity index (χ1v) is 6.28. The SMILES string of the molecule is CC(=O)NCCNC(=O)CNC(=O)[C@H](O)C(C)(C)CO. The van der Waals surface area contributed by atoms with Crippen molar-refractivity contribution in [2.75, 3.05) is 26.2 Å². The molecular weight excluding hydrogens is 266 g/mol. The zero-order chi connectivity index (χ0) is 15.8. The second kappa shape index (κ2) is 8.49. The smallest absolute Gasteiger partial charge is 0.249 e. The summed E-state index contributed by atoms with van der Waals surface area (Å²) in [6.45, 7) is 4.35. The molecule has 0 heterocycles. The minimum absolute atomic E-state index is 0.193. The maximum atomic E-state index is 11.6. The van der Waals surface area contributed by atoms with E-state index in [0.29, 0.717) is 6.54 Å². The molecule has 0 rings (SSSR count). The normalized spacial score (nSPS) is 12.4. The van der Waals surface area contributed by atoms with E-state index in [1.54, 1.807) is 0 Å². The summed E-state index contributed by atoms with van der Waals surface area (Å²) in [4.78, 5) is 33.5. The van der Waals surface area contributed by atoms with Gasteiger partial charge in [-0.3, -0.25) is 14.4 Å². The van der Waals surface area contributed by atoms with Gasteiger partial charge in [-0.15, -0.1) is 0 Å². The molecule has 8 heteroatoms. The number of aliphatic hydroxyl groups is 2. The third kappa shape index (κ3) is 7.05. The van der Waals surface area contributed by atoms with Gasteiger partial charge in [-0.05, 0) is 0 Å². The van der Waals surface area contributed by atoms with Crippen LogP contribution < -0.4 is 16.0 Å². The van der Waals surface area contributed by atoms with Gasteiger partial charge in [0.25, 0.3) is 0 Å². The Morgan fingerprint density at radius 2 is 1.65 bits per heavy atom. The van der Waals surface area contributed by atoms with Gasteiger partial charge in [0, 0.05) is 25.4 Å². The Hall–Kier alpha value is -1.67. The predicted molar refractivity (Wildman–Crippen MR) is 71.6 cm³/mol. The highest BCUT2D eigenvalue weighted by atomic mass is 16.3. The molecule has 0 aromatic heterocycles. The van der Waals surface area contributed by atoms with Gasteiger partial charge in [-0.25, -0.2) is 0 Å². The van der Waals surface area contributed by atoms with Crippen LogP contribution in [-0.4, -0.2) is 60.3 Å². The minimum Gasteiger partial charge on any atom is -0.396 e. The maximum Gasteiger partial charge on any atom is 0.249 e. The fourth-order valence-corrected chi connectivity index (χ4v) is 1.21. The maximum absolute atomic E-state index is 11.6. The predicted octanol–water partition coefficient (Wildman–Crippen LogP) is -2.27. The van der Waals surface area contributed by atoms with Gasteiger partial charge >= 0.3 is 0 Å². The van der Waals surface area contributed by atoms with Gasteiger partial charge in [-0.1, -0.05) is 13.8 Å². The summed E-state index contributed by atoms with van der Waals surface area (Å²) in [7, 11) is 0. The molecule has 5 N–H and O–H groups in total. The Morgan fingerprint density at radius 3 is 2.15 bits per heavy atom. The molecule has 3 amide bonds. The van der Waals surface area contributed by atoms with Crippen molar-refractivity contribution in [3.63, 3.8) is 0 Å². The Bertz CT molecular complexity index is 357. The number of nitrogens with one attached hydrogen (secondary N) is 3. The van der Waals surface area contributed by atoms with Crippen LogP contribution in [0.15, 0.2) is 0 Å². The van der Waals surface area contributed by atoms with Gasteiger partial charge in [0.1, 0.15) is 6.10 Å². The molecule has 0 spiro atoms. The zero-order valence-corrected chi connectivity index (χ0v) is 12.0. The highest BCUT2D eigenvalue weighted by molar-refractivity contribution is 5.87. The monoisotopic (exact) mass is 289 g/mol. The van der Waals surface area contributed by atoms with E-state index in [1.165, 1.54) is 20.8 Å². The highest BCUT2D eigenvalue weighted by Gasteiger charge is 2.32. The molecule has 0 saturated heterocycles. The molecule has 8 nitrogen and oxygen atoms in total. The number of carbonyl (C=O) groups is 3. The van der Waals surface area contributed by atoms with Gasteiger partial charge in [-0.2, -0.15) is 0 Å². The fraction of sp³-hybridized carbons (Fsp3) is 0.750. The number of amides is 3. The van der Waals surface area contributed by atoms with Crippen LogP contribution in [0.3, 0.4) is 0 Å². The number of rotatable bonds is 8. The highest BCUT2D eigenvalue weighted by Crippen LogP contribution is 2.19. The third-order valence-electron chi connectivity index (χ3n) is 2.64. The minimum atomic E-state index is -1.40. The Morgan fingerprint density at radius 1 is 1.10 bits per heavy atom. The van der Waals surface area contributed by atoms with Crippen LogP contribution in [0.5, 0.6) is 0 Å². The van der Waals surface area contributed by atoms with Crippen molar-refractivity contribution in [2.24, 2.45) is 5.41 Å². The molecule has 0 aliphatic heterocycles. The summed E-state index contributed by atoms with van der Waals surface area (Å²) >= 11 is 0. The lowest BCUT2D eigenvalue weighted by Gasteiger charge is -2.26. The molecule has 0 aliphatic carbocycles. The number of aliphatic hydroxyl groups excluding tert-OH is 2. The van der Waals surface area contributed by atoms with E-state index in [2.05, 4.69) is 16.0 Å². The average molecular weight is 289 g/mol. The largest absolute Gasteiger partial charge is 0.396 e. The molecule has 0 unspecified atom stereocenters. The molecule has 0 radical (unpaired) electrons. The van der Waals surface area contributed by atoms with Gasteiger partial charge in [0.05, 0.1) is 13.2 Å². The standard InChI is InChI=1S/C12H23N3O5/c1-8(17)13-4-5-14-9(18)6-15-11(20)10(19)12(2,3)7-16/h10,16,19H,4-7H2,1-3H3,(H,13,17)(H,14,18)(H,15,20)/t10-/m0/s1. The third-order valence-corrected chi connectivity index (χ3v) is 2.64. The first kappa shape index (κ1) is 18.3.